The Morgan fingerprint density at radius 3 is 2.73 bits per heavy atom. The summed E-state index contributed by atoms with van der Waals surface area (Å²) in [4.78, 5) is 35.5. The molecule has 0 aromatic rings. The Labute approximate surface area is 133 Å². The van der Waals surface area contributed by atoms with E-state index in [2.05, 4.69) is 13.9 Å². The average Bonchev–Trinajstić information content (AvgIpc) is 2.61. The van der Waals surface area contributed by atoms with Crippen molar-refractivity contribution in [2.75, 3.05) is 6.61 Å². The third-order valence-corrected chi connectivity index (χ3v) is 6.04. The number of fused-ring (bicyclic) bond motifs is 1. The molecule has 2 fully saturated rings. The molecule has 11 heteroatoms. The maximum absolute atomic E-state index is 12.4. The lowest BCUT2D eigenvalue weighted by Crippen LogP contribution is -2.63. The van der Waals surface area contributed by atoms with Gasteiger partial charge in [0, 0.05) is 0 Å². The highest BCUT2D eigenvalue weighted by atomic mass is 32.2. The summed E-state index contributed by atoms with van der Waals surface area (Å²) < 4.78 is 22.0. The number of carbonyl (C=O) groups excluding carboxylic acids is 2. The van der Waals surface area contributed by atoms with Crippen LogP contribution in [0.15, 0.2) is 4.40 Å². The Morgan fingerprint density at radius 2 is 2.18 bits per heavy atom. The zero-order valence-corrected chi connectivity index (χ0v) is 13.7. The van der Waals surface area contributed by atoms with E-state index >= 15 is 0 Å². The summed E-state index contributed by atoms with van der Waals surface area (Å²) in [7, 11) is -1.60. The van der Waals surface area contributed by atoms with Crippen LogP contribution in [0.4, 0.5) is 4.79 Å². The van der Waals surface area contributed by atoms with Crippen molar-refractivity contribution in [2.45, 2.75) is 36.9 Å². The first-order valence-corrected chi connectivity index (χ1v) is 8.35. The van der Waals surface area contributed by atoms with Crippen LogP contribution in [0.3, 0.4) is 0 Å². The van der Waals surface area contributed by atoms with E-state index in [1.54, 1.807) is 6.92 Å². The fourth-order valence-corrected chi connectivity index (χ4v) is 4.68. The Morgan fingerprint density at radius 1 is 1.55 bits per heavy atom. The van der Waals surface area contributed by atoms with E-state index < -0.39 is 44.9 Å². The van der Waals surface area contributed by atoms with Crippen LogP contribution >= 0.6 is 12.1 Å². The van der Waals surface area contributed by atoms with Gasteiger partial charge >= 0.3 is 12.1 Å². The number of hydrogen-bond acceptors (Lipinski definition) is 7. The first-order chi connectivity index (χ1) is 10.2. The minimum Gasteiger partial charge on any atom is -0.480 e. The first-order valence-electron chi connectivity index (χ1n) is 6.36. The standard InChI is InChI=1S/C11H15N3O6S2/c1-4-20-10(18)13-21-12-5-7(15)14-6(9(16)17)11(2,3)22(19)8(5)14/h6,8H,4H2,1-3H3,(H,13,18)(H,16,17)/b12-5+/t6-,8+,22?/m0/s1. The monoisotopic (exact) mass is 349 g/mol. The highest BCUT2D eigenvalue weighted by Gasteiger charge is 2.66. The minimum absolute atomic E-state index is 0.0167. The van der Waals surface area contributed by atoms with Gasteiger partial charge in [-0.25, -0.2) is 14.3 Å². The van der Waals surface area contributed by atoms with Gasteiger partial charge in [0.05, 0.1) is 34.3 Å². The summed E-state index contributed by atoms with van der Waals surface area (Å²) in [5.41, 5.74) is -0.0167. The molecule has 22 heavy (non-hydrogen) atoms. The van der Waals surface area contributed by atoms with E-state index in [4.69, 9.17) is 0 Å². The van der Waals surface area contributed by atoms with Crippen LogP contribution in [-0.4, -0.2) is 60.7 Å². The van der Waals surface area contributed by atoms with Gasteiger partial charge in [-0.1, -0.05) is 0 Å². The Kier molecular flexibility index (Phi) is 4.47. The second-order valence-electron chi connectivity index (χ2n) is 5.10. The predicted molar refractivity (Wildman–Crippen MR) is 79.5 cm³/mol. The van der Waals surface area contributed by atoms with E-state index in [1.807, 2.05) is 0 Å². The fraction of sp³-hybridized carbons (Fsp3) is 0.636. The quantitative estimate of drug-likeness (QED) is 0.536. The van der Waals surface area contributed by atoms with Crippen LogP contribution in [0, 0.1) is 0 Å². The van der Waals surface area contributed by atoms with Gasteiger partial charge in [-0.05, 0) is 20.8 Å². The fourth-order valence-electron chi connectivity index (χ4n) is 2.37. The van der Waals surface area contributed by atoms with Crippen molar-refractivity contribution in [3.05, 3.63) is 0 Å². The third kappa shape index (κ3) is 2.47. The van der Waals surface area contributed by atoms with Crippen molar-refractivity contribution < 1.29 is 28.4 Å². The Bertz CT molecular complexity index is 590. The lowest BCUT2D eigenvalue weighted by molar-refractivity contribution is -0.150. The molecule has 1 unspecified atom stereocenters. The molecule has 0 radical (unpaired) electrons. The molecule has 0 saturated carbocycles. The van der Waals surface area contributed by atoms with Crippen LogP contribution < -0.4 is 4.72 Å². The van der Waals surface area contributed by atoms with Crippen molar-refractivity contribution in [3.8, 4) is 0 Å². The van der Waals surface area contributed by atoms with Crippen LogP contribution in [0.25, 0.3) is 0 Å². The van der Waals surface area contributed by atoms with E-state index in [0.29, 0.717) is 12.1 Å². The van der Waals surface area contributed by atoms with Gasteiger partial charge < -0.3 is 14.7 Å². The molecule has 0 aliphatic carbocycles. The smallest absolute Gasteiger partial charge is 0.418 e. The summed E-state index contributed by atoms with van der Waals surface area (Å²) >= 11 is 0.584. The van der Waals surface area contributed by atoms with Crippen LogP contribution in [0.5, 0.6) is 0 Å². The molecule has 0 aromatic heterocycles. The van der Waals surface area contributed by atoms with E-state index in [9.17, 15) is 23.7 Å². The van der Waals surface area contributed by atoms with E-state index in [-0.39, 0.29) is 12.3 Å². The molecule has 2 amide bonds. The molecule has 2 heterocycles. The molecule has 3 atom stereocenters. The van der Waals surface area contributed by atoms with Gasteiger partial charge in [-0.2, -0.15) is 4.40 Å². The summed E-state index contributed by atoms with van der Waals surface area (Å²) in [5, 5.41) is 8.39. The second-order valence-corrected chi connectivity index (χ2v) is 7.76. The number of rotatable bonds is 4. The van der Waals surface area contributed by atoms with Gasteiger partial charge in [0.25, 0.3) is 5.91 Å². The van der Waals surface area contributed by atoms with Gasteiger partial charge in [-0.15, -0.1) is 0 Å². The lowest BCUT2D eigenvalue weighted by Gasteiger charge is -2.36. The normalized spacial score (nSPS) is 30.7. The Balaban J connectivity index is 2.13. The molecule has 0 spiro atoms. The first kappa shape index (κ1) is 16.7. The van der Waals surface area contributed by atoms with Crippen molar-refractivity contribution in [2.24, 2.45) is 4.40 Å². The number of ether oxygens (including phenoxy) is 1. The summed E-state index contributed by atoms with van der Waals surface area (Å²) in [6, 6.07) is -1.16. The summed E-state index contributed by atoms with van der Waals surface area (Å²) in [5.74, 6) is -1.79. The highest BCUT2D eigenvalue weighted by Crippen LogP contribution is 2.42. The second kappa shape index (κ2) is 5.88. The van der Waals surface area contributed by atoms with Crippen molar-refractivity contribution in [1.29, 1.82) is 0 Å². The minimum atomic E-state index is -1.60. The molecule has 2 rings (SSSR count). The lowest BCUT2D eigenvalue weighted by atomic mass is 9.98. The molecular formula is C11H15N3O6S2. The largest absolute Gasteiger partial charge is 0.480 e. The Hall–Kier alpha value is -1.62. The molecule has 0 bridgehead atoms. The van der Waals surface area contributed by atoms with Crippen molar-refractivity contribution in [3.63, 3.8) is 0 Å². The maximum atomic E-state index is 12.4. The molecule has 2 saturated heterocycles. The van der Waals surface area contributed by atoms with Crippen molar-refractivity contribution >= 4 is 46.6 Å². The number of carboxylic acids is 1. The number of nitrogens with zero attached hydrogens (tertiary/aromatic N) is 2. The SMILES string of the molecule is CCOC(=O)NS/N=C1\C(=O)N2[C@@H]1S(=O)C(C)(C)[C@@H]2C(=O)O. The number of β-lactam (4-membered cyclic amide) rings is 1. The summed E-state index contributed by atoms with van der Waals surface area (Å²) in [6.07, 6.45) is -0.711. The van der Waals surface area contributed by atoms with Gasteiger partial charge in [0.2, 0.25) is 0 Å². The van der Waals surface area contributed by atoms with Gasteiger partial charge in [0.15, 0.2) is 11.1 Å². The molecule has 9 nitrogen and oxygen atoms in total. The molecule has 122 valence electrons. The number of amides is 2. The molecule has 0 aromatic carbocycles. The summed E-state index contributed by atoms with van der Waals surface area (Å²) in [6.45, 7) is 4.90. The molecule has 2 N–H and O–H groups in total. The van der Waals surface area contributed by atoms with Crippen LogP contribution in [0.2, 0.25) is 0 Å². The van der Waals surface area contributed by atoms with Crippen LogP contribution in [0.1, 0.15) is 20.8 Å². The molecular weight excluding hydrogens is 334 g/mol. The van der Waals surface area contributed by atoms with Crippen LogP contribution in [-0.2, 0) is 25.1 Å². The van der Waals surface area contributed by atoms with Gasteiger partial charge in [0.1, 0.15) is 6.04 Å². The number of carboxylic acid groups (broad SMARTS) is 1. The van der Waals surface area contributed by atoms with Gasteiger partial charge in [-0.3, -0.25) is 9.00 Å². The van der Waals surface area contributed by atoms with E-state index in [0.717, 1.165) is 4.90 Å². The average molecular weight is 349 g/mol. The number of aliphatic carboxylic acids is 1. The third-order valence-electron chi connectivity index (χ3n) is 3.38. The highest BCUT2D eigenvalue weighted by molar-refractivity contribution is 7.97. The zero-order valence-electron chi connectivity index (χ0n) is 12.1. The predicted octanol–water partition coefficient (Wildman–Crippen LogP) is -0.101. The molecule has 2 aliphatic rings. The number of carbonyl (C=O) groups is 3. The number of nitrogens with one attached hydrogen (secondary N) is 1. The zero-order chi connectivity index (χ0) is 16.7. The molecule has 2 aliphatic heterocycles. The maximum Gasteiger partial charge on any atom is 0.418 e. The topological polar surface area (TPSA) is 125 Å². The van der Waals surface area contributed by atoms with Crippen molar-refractivity contribution in [1.82, 2.24) is 9.62 Å². The number of hydrogen-bond donors (Lipinski definition) is 2. The van der Waals surface area contributed by atoms with E-state index in [1.165, 1.54) is 13.8 Å².